The molecule has 2 nitrogen and oxygen atoms in total. The van der Waals surface area contributed by atoms with Gasteiger partial charge in [0.2, 0.25) is 0 Å². The Hall–Kier alpha value is -0.290. The normalized spacial score (nSPS) is 26.3. The van der Waals surface area contributed by atoms with Crippen LogP contribution in [0.1, 0.15) is 19.8 Å². The number of benzene rings is 1. The minimum atomic E-state index is 0.388. The quantitative estimate of drug-likeness (QED) is 0.846. The number of hydrogen-bond acceptors (Lipinski definition) is 2. The third kappa shape index (κ3) is 3.34. The molecule has 1 aliphatic heterocycles. The Morgan fingerprint density at radius 1 is 1.47 bits per heavy atom. The van der Waals surface area contributed by atoms with Gasteiger partial charge in [0.15, 0.2) is 0 Å². The fourth-order valence-electron chi connectivity index (χ4n) is 1.94. The van der Waals surface area contributed by atoms with E-state index in [9.17, 15) is 0 Å². The minimum absolute atomic E-state index is 0.388. The molecule has 1 heterocycles. The molecule has 1 fully saturated rings. The van der Waals surface area contributed by atoms with Crippen LogP contribution >= 0.6 is 22.6 Å². The van der Waals surface area contributed by atoms with Crippen LogP contribution in [0.2, 0.25) is 0 Å². The summed E-state index contributed by atoms with van der Waals surface area (Å²) in [6.45, 7) is 3.02. The summed E-state index contributed by atoms with van der Waals surface area (Å²) in [6, 6.07) is 9.07. The van der Waals surface area contributed by atoms with E-state index in [1.165, 1.54) is 9.26 Å². The minimum Gasteiger partial charge on any atom is -0.382 e. The zero-order valence-corrected chi connectivity index (χ0v) is 11.0. The first kappa shape index (κ1) is 11.2. The summed E-state index contributed by atoms with van der Waals surface area (Å²) in [7, 11) is 0. The van der Waals surface area contributed by atoms with E-state index < -0.39 is 0 Å². The summed E-state index contributed by atoms with van der Waals surface area (Å²) in [6.07, 6.45) is 2.60. The topological polar surface area (TPSA) is 21.3 Å². The van der Waals surface area contributed by atoms with Crippen LogP contribution in [0.3, 0.4) is 0 Å². The first-order valence-corrected chi connectivity index (χ1v) is 6.45. The molecular weight excluding hydrogens is 301 g/mol. The summed E-state index contributed by atoms with van der Waals surface area (Å²) in [5.74, 6) is 0. The van der Waals surface area contributed by atoms with Crippen LogP contribution in [-0.4, -0.2) is 18.8 Å². The average Bonchev–Trinajstić information content (AvgIpc) is 2.17. The molecule has 0 saturated carbocycles. The Morgan fingerprint density at radius 3 is 3.07 bits per heavy atom. The van der Waals surface area contributed by atoms with E-state index >= 15 is 0 Å². The number of anilines is 1. The molecule has 82 valence electrons. The first-order valence-electron chi connectivity index (χ1n) is 5.38. The number of ether oxygens (including phenoxy) is 1. The SMILES string of the molecule is CC1CC(Nc2cccc(I)c2)CCO1. The maximum absolute atomic E-state index is 5.53. The van der Waals surface area contributed by atoms with E-state index in [1.54, 1.807) is 0 Å². The van der Waals surface area contributed by atoms with Gasteiger partial charge in [-0.1, -0.05) is 6.07 Å². The monoisotopic (exact) mass is 317 g/mol. The Labute approximate surface area is 105 Å². The number of nitrogens with one attached hydrogen (secondary N) is 1. The fourth-order valence-corrected chi connectivity index (χ4v) is 2.49. The molecule has 2 atom stereocenters. The molecule has 15 heavy (non-hydrogen) atoms. The zero-order chi connectivity index (χ0) is 10.7. The van der Waals surface area contributed by atoms with Crippen LogP contribution < -0.4 is 5.32 Å². The molecule has 0 aliphatic carbocycles. The van der Waals surface area contributed by atoms with Crippen LogP contribution in [0.25, 0.3) is 0 Å². The molecule has 0 spiro atoms. The van der Waals surface area contributed by atoms with Crippen LogP contribution in [0.4, 0.5) is 5.69 Å². The third-order valence-electron chi connectivity index (χ3n) is 2.68. The molecule has 0 radical (unpaired) electrons. The lowest BCUT2D eigenvalue weighted by Gasteiger charge is -2.28. The van der Waals surface area contributed by atoms with Gasteiger partial charge in [-0.25, -0.2) is 0 Å². The van der Waals surface area contributed by atoms with Crippen molar-refractivity contribution in [2.75, 3.05) is 11.9 Å². The van der Waals surface area contributed by atoms with E-state index in [2.05, 4.69) is 59.1 Å². The molecule has 1 aliphatic rings. The highest BCUT2D eigenvalue weighted by Crippen LogP contribution is 2.19. The molecule has 2 rings (SSSR count). The van der Waals surface area contributed by atoms with Crippen molar-refractivity contribution in [1.82, 2.24) is 0 Å². The molecule has 0 bridgehead atoms. The van der Waals surface area contributed by atoms with E-state index in [0.29, 0.717) is 12.1 Å². The maximum atomic E-state index is 5.53. The van der Waals surface area contributed by atoms with Crippen molar-refractivity contribution in [2.45, 2.75) is 31.9 Å². The van der Waals surface area contributed by atoms with Crippen molar-refractivity contribution in [2.24, 2.45) is 0 Å². The predicted octanol–water partition coefficient (Wildman–Crippen LogP) is 3.27. The van der Waals surface area contributed by atoms with Crippen molar-refractivity contribution in [3.8, 4) is 0 Å². The van der Waals surface area contributed by atoms with E-state index in [1.807, 2.05) is 0 Å². The van der Waals surface area contributed by atoms with E-state index in [0.717, 1.165) is 19.4 Å². The lowest BCUT2D eigenvalue weighted by Crippen LogP contribution is -2.32. The smallest absolute Gasteiger partial charge is 0.0566 e. The second-order valence-electron chi connectivity index (χ2n) is 4.06. The lowest BCUT2D eigenvalue weighted by atomic mass is 10.0. The van der Waals surface area contributed by atoms with Gasteiger partial charge >= 0.3 is 0 Å². The predicted molar refractivity (Wildman–Crippen MR) is 71.2 cm³/mol. The second-order valence-corrected chi connectivity index (χ2v) is 5.30. The molecule has 2 unspecified atom stereocenters. The summed E-state index contributed by atoms with van der Waals surface area (Å²) in [4.78, 5) is 0. The van der Waals surface area contributed by atoms with Gasteiger partial charge in [0.25, 0.3) is 0 Å². The van der Waals surface area contributed by atoms with Gasteiger partial charge in [-0.15, -0.1) is 0 Å². The number of rotatable bonds is 2. The van der Waals surface area contributed by atoms with Gasteiger partial charge in [0, 0.05) is 21.9 Å². The summed E-state index contributed by atoms with van der Waals surface area (Å²) >= 11 is 2.34. The maximum Gasteiger partial charge on any atom is 0.0566 e. The lowest BCUT2D eigenvalue weighted by molar-refractivity contribution is 0.0232. The second kappa shape index (κ2) is 5.16. The summed E-state index contributed by atoms with van der Waals surface area (Å²) < 4.78 is 6.80. The van der Waals surface area contributed by atoms with Gasteiger partial charge < -0.3 is 10.1 Å². The average molecular weight is 317 g/mol. The van der Waals surface area contributed by atoms with Crippen LogP contribution in [0.5, 0.6) is 0 Å². The fraction of sp³-hybridized carbons (Fsp3) is 0.500. The van der Waals surface area contributed by atoms with Crippen molar-refractivity contribution >= 4 is 28.3 Å². The standard InChI is InChI=1S/C12H16INO/c1-9-7-12(5-6-15-9)14-11-4-2-3-10(13)8-11/h2-4,8-9,12,14H,5-7H2,1H3. The highest BCUT2D eigenvalue weighted by atomic mass is 127. The molecule has 3 heteroatoms. The molecule has 1 aromatic rings. The van der Waals surface area contributed by atoms with Crippen LogP contribution in [0, 0.1) is 3.57 Å². The zero-order valence-electron chi connectivity index (χ0n) is 8.87. The van der Waals surface area contributed by atoms with E-state index in [-0.39, 0.29) is 0 Å². The molecule has 0 amide bonds. The number of hydrogen-bond donors (Lipinski definition) is 1. The van der Waals surface area contributed by atoms with Crippen LogP contribution in [0.15, 0.2) is 24.3 Å². The molecular formula is C12H16INO. The van der Waals surface area contributed by atoms with Crippen molar-refractivity contribution in [1.29, 1.82) is 0 Å². The van der Waals surface area contributed by atoms with Crippen LogP contribution in [-0.2, 0) is 4.74 Å². The third-order valence-corrected chi connectivity index (χ3v) is 3.35. The molecule has 0 aromatic heterocycles. The van der Waals surface area contributed by atoms with Gasteiger partial charge in [0.1, 0.15) is 0 Å². The van der Waals surface area contributed by atoms with Gasteiger partial charge in [0.05, 0.1) is 6.10 Å². The highest BCUT2D eigenvalue weighted by Gasteiger charge is 2.18. The van der Waals surface area contributed by atoms with E-state index in [4.69, 9.17) is 4.74 Å². The molecule has 1 aromatic carbocycles. The summed E-state index contributed by atoms with van der Waals surface area (Å²) in [5.41, 5.74) is 1.22. The van der Waals surface area contributed by atoms with Crippen molar-refractivity contribution in [3.63, 3.8) is 0 Å². The highest BCUT2D eigenvalue weighted by molar-refractivity contribution is 14.1. The Morgan fingerprint density at radius 2 is 2.33 bits per heavy atom. The first-order chi connectivity index (χ1) is 7.24. The molecule has 1 saturated heterocycles. The van der Waals surface area contributed by atoms with Gasteiger partial charge in [-0.05, 0) is 60.6 Å². The Kier molecular flexibility index (Phi) is 3.86. The molecule has 1 N–H and O–H groups in total. The van der Waals surface area contributed by atoms with Crippen molar-refractivity contribution in [3.05, 3.63) is 27.8 Å². The van der Waals surface area contributed by atoms with Crippen molar-refractivity contribution < 1.29 is 4.74 Å². The van der Waals surface area contributed by atoms with Gasteiger partial charge in [-0.3, -0.25) is 0 Å². The Bertz CT molecular complexity index is 329. The largest absolute Gasteiger partial charge is 0.382 e. The van der Waals surface area contributed by atoms with Gasteiger partial charge in [-0.2, -0.15) is 0 Å². The Balaban J connectivity index is 1.96. The number of halogens is 1. The summed E-state index contributed by atoms with van der Waals surface area (Å²) in [5, 5.41) is 3.57.